The van der Waals surface area contributed by atoms with E-state index in [9.17, 15) is 4.79 Å². The van der Waals surface area contributed by atoms with Crippen molar-refractivity contribution in [3.8, 4) is 0 Å². The molecule has 1 heterocycles. The number of carbonyl (C=O) groups excluding carboxylic acids is 1. The highest BCUT2D eigenvalue weighted by Gasteiger charge is 2.25. The van der Waals surface area contributed by atoms with Gasteiger partial charge in [0, 0.05) is 5.92 Å². The maximum absolute atomic E-state index is 11.6. The van der Waals surface area contributed by atoms with Crippen molar-refractivity contribution in [3.63, 3.8) is 0 Å². The predicted molar refractivity (Wildman–Crippen MR) is 56.1 cm³/mol. The van der Waals surface area contributed by atoms with Crippen molar-refractivity contribution in [1.82, 2.24) is 4.98 Å². The molecule has 1 aromatic heterocycles. The van der Waals surface area contributed by atoms with Gasteiger partial charge in [-0.3, -0.25) is 4.79 Å². The number of amides is 1. The van der Waals surface area contributed by atoms with Crippen molar-refractivity contribution >= 4 is 11.7 Å². The van der Waals surface area contributed by atoms with E-state index >= 15 is 0 Å². The van der Waals surface area contributed by atoms with Crippen LogP contribution >= 0.6 is 0 Å². The van der Waals surface area contributed by atoms with Gasteiger partial charge in [0.1, 0.15) is 5.82 Å². The smallest absolute Gasteiger partial charge is 0.228 e. The number of pyridine rings is 1. The first-order valence-corrected chi connectivity index (χ1v) is 5.17. The Balaban J connectivity index is 1.99. The fraction of sp³-hybridized carbons (Fsp3) is 0.455. The van der Waals surface area contributed by atoms with E-state index in [0.29, 0.717) is 11.5 Å². The maximum atomic E-state index is 11.6. The molecule has 0 unspecified atom stereocenters. The van der Waals surface area contributed by atoms with Crippen LogP contribution < -0.4 is 5.32 Å². The van der Waals surface area contributed by atoms with Gasteiger partial charge in [-0.05, 0) is 25.0 Å². The summed E-state index contributed by atoms with van der Waals surface area (Å²) in [4.78, 5) is 15.7. The Morgan fingerprint density at radius 3 is 2.93 bits per heavy atom. The van der Waals surface area contributed by atoms with Crippen LogP contribution in [0.5, 0.6) is 0 Å². The number of hydrogen-bond acceptors (Lipinski definition) is 3. The molecule has 1 aromatic rings. The van der Waals surface area contributed by atoms with Crippen LogP contribution in [0.3, 0.4) is 0 Å². The van der Waals surface area contributed by atoms with E-state index in [1.54, 1.807) is 18.2 Å². The van der Waals surface area contributed by atoms with Gasteiger partial charge in [-0.25, -0.2) is 4.98 Å². The van der Waals surface area contributed by atoms with Crippen molar-refractivity contribution in [2.75, 3.05) is 5.32 Å². The number of carbonyl (C=O) groups is 1. The van der Waals surface area contributed by atoms with Crippen molar-refractivity contribution in [1.29, 1.82) is 0 Å². The van der Waals surface area contributed by atoms with Gasteiger partial charge in [0.15, 0.2) is 0 Å². The van der Waals surface area contributed by atoms with Gasteiger partial charge in [-0.15, -0.1) is 0 Å². The second kappa shape index (κ2) is 4.40. The zero-order valence-corrected chi connectivity index (χ0v) is 8.44. The Bertz CT molecular complexity index is 361. The maximum Gasteiger partial charge on any atom is 0.228 e. The number of nitrogens with one attached hydrogen (secondary N) is 1. The molecule has 0 atom stereocenters. The number of aliphatic hydroxyl groups is 1. The number of hydrogen-bond donors (Lipinski definition) is 2. The van der Waals surface area contributed by atoms with Crippen molar-refractivity contribution in [3.05, 3.63) is 23.9 Å². The van der Waals surface area contributed by atoms with Gasteiger partial charge in [-0.1, -0.05) is 12.5 Å². The summed E-state index contributed by atoms with van der Waals surface area (Å²) in [6.45, 7) is -0.104. The summed E-state index contributed by atoms with van der Waals surface area (Å²) in [6.07, 6.45) is 3.10. The van der Waals surface area contributed by atoms with Crippen LogP contribution in [0.15, 0.2) is 18.2 Å². The minimum absolute atomic E-state index is 0.0452. The lowest BCUT2D eigenvalue weighted by atomic mass is 9.85. The third-order valence-corrected chi connectivity index (χ3v) is 2.70. The van der Waals surface area contributed by atoms with Crippen molar-refractivity contribution in [2.24, 2.45) is 5.92 Å². The first kappa shape index (κ1) is 10.1. The molecule has 0 spiro atoms. The minimum Gasteiger partial charge on any atom is -0.390 e. The first-order chi connectivity index (χ1) is 7.29. The third-order valence-electron chi connectivity index (χ3n) is 2.70. The molecule has 0 aliphatic heterocycles. The van der Waals surface area contributed by atoms with Crippen LogP contribution in [0.4, 0.5) is 5.82 Å². The Labute approximate surface area is 88.3 Å². The number of anilines is 1. The molecule has 1 saturated carbocycles. The van der Waals surface area contributed by atoms with Gasteiger partial charge in [0.05, 0.1) is 12.3 Å². The average molecular weight is 206 g/mol. The predicted octanol–water partition coefficient (Wildman–Crippen LogP) is 1.31. The lowest BCUT2D eigenvalue weighted by molar-refractivity contribution is -0.122. The zero-order chi connectivity index (χ0) is 10.7. The summed E-state index contributed by atoms with van der Waals surface area (Å²) < 4.78 is 0. The van der Waals surface area contributed by atoms with Gasteiger partial charge >= 0.3 is 0 Å². The Kier molecular flexibility index (Phi) is 2.97. The van der Waals surface area contributed by atoms with Crippen LogP contribution in [-0.4, -0.2) is 16.0 Å². The molecule has 1 amide bonds. The molecule has 0 saturated heterocycles. The SMILES string of the molecule is O=C(Nc1cccc(CO)n1)C1CCC1. The second-order valence-corrected chi connectivity index (χ2v) is 3.79. The molecule has 0 aromatic carbocycles. The molecular weight excluding hydrogens is 192 g/mol. The summed E-state index contributed by atoms with van der Waals surface area (Å²) >= 11 is 0. The van der Waals surface area contributed by atoms with Gasteiger partial charge in [0.2, 0.25) is 5.91 Å². The molecule has 1 aliphatic carbocycles. The van der Waals surface area contributed by atoms with Gasteiger partial charge in [-0.2, -0.15) is 0 Å². The molecule has 2 N–H and O–H groups in total. The molecular formula is C11H14N2O2. The highest BCUT2D eigenvalue weighted by molar-refractivity contribution is 5.92. The molecule has 1 fully saturated rings. The number of aromatic nitrogens is 1. The zero-order valence-electron chi connectivity index (χ0n) is 8.44. The van der Waals surface area contributed by atoms with E-state index < -0.39 is 0 Å². The molecule has 15 heavy (non-hydrogen) atoms. The van der Waals surface area contributed by atoms with E-state index in [1.807, 2.05) is 0 Å². The third kappa shape index (κ3) is 2.33. The molecule has 80 valence electrons. The molecule has 0 bridgehead atoms. The summed E-state index contributed by atoms with van der Waals surface area (Å²) in [5, 5.41) is 11.6. The summed E-state index contributed by atoms with van der Waals surface area (Å²) in [5.74, 6) is 0.729. The van der Waals surface area contributed by atoms with Gasteiger partial charge < -0.3 is 10.4 Å². The largest absolute Gasteiger partial charge is 0.390 e. The molecule has 4 nitrogen and oxygen atoms in total. The highest BCUT2D eigenvalue weighted by atomic mass is 16.3. The summed E-state index contributed by atoms with van der Waals surface area (Å²) in [5.41, 5.74) is 0.571. The first-order valence-electron chi connectivity index (χ1n) is 5.17. The van der Waals surface area contributed by atoms with Crippen LogP contribution in [0, 0.1) is 5.92 Å². The van der Waals surface area contributed by atoms with Crippen LogP contribution in [0.2, 0.25) is 0 Å². The quantitative estimate of drug-likeness (QED) is 0.783. The van der Waals surface area contributed by atoms with E-state index in [0.717, 1.165) is 19.3 Å². The number of nitrogens with zero attached hydrogens (tertiary/aromatic N) is 1. The fourth-order valence-electron chi connectivity index (χ4n) is 1.54. The molecule has 4 heteroatoms. The van der Waals surface area contributed by atoms with Crippen LogP contribution in [0.1, 0.15) is 25.0 Å². The molecule has 2 rings (SSSR count). The highest BCUT2D eigenvalue weighted by Crippen LogP contribution is 2.27. The fourth-order valence-corrected chi connectivity index (χ4v) is 1.54. The second-order valence-electron chi connectivity index (χ2n) is 3.79. The minimum atomic E-state index is -0.104. The summed E-state index contributed by atoms with van der Waals surface area (Å²) in [6, 6.07) is 5.23. The standard InChI is InChI=1S/C11H14N2O2/c14-7-9-5-2-6-10(12-9)13-11(15)8-3-1-4-8/h2,5-6,8,14H,1,3-4,7H2,(H,12,13,15). The molecule has 1 aliphatic rings. The van der Waals surface area contributed by atoms with E-state index in [1.165, 1.54) is 0 Å². The lowest BCUT2D eigenvalue weighted by Gasteiger charge is -2.23. The average Bonchev–Trinajstić information content (AvgIpc) is 2.15. The Morgan fingerprint density at radius 1 is 1.53 bits per heavy atom. The molecule has 0 radical (unpaired) electrons. The van der Waals surface area contributed by atoms with Crippen LogP contribution in [0.25, 0.3) is 0 Å². The van der Waals surface area contributed by atoms with E-state index in [4.69, 9.17) is 5.11 Å². The lowest BCUT2D eigenvalue weighted by Crippen LogP contribution is -2.28. The van der Waals surface area contributed by atoms with Crippen molar-refractivity contribution in [2.45, 2.75) is 25.9 Å². The normalized spacial score (nSPS) is 15.8. The van der Waals surface area contributed by atoms with Gasteiger partial charge in [0.25, 0.3) is 0 Å². The summed E-state index contributed by atoms with van der Waals surface area (Å²) in [7, 11) is 0. The Morgan fingerprint density at radius 2 is 2.33 bits per heavy atom. The number of rotatable bonds is 3. The monoisotopic (exact) mass is 206 g/mol. The topological polar surface area (TPSA) is 62.2 Å². The van der Waals surface area contributed by atoms with Crippen molar-refractivity contribution < 1.29 is 9.90 Å². The van der Waals surface area contributed by atoms with Crippen LogP contribution in [-0.2, 0) is 11.4 Å². The van der Waals surface area contributed by atoms with E-state index in [-0.39, 0.29) is 18.4 Å². The van der Waals surface area contributed by atoms with E-state index in [2.05, 4.69) is 10.3 Å². The Hall–Kier alpha value is -1.42. The number of aliphatic hydroxyl groups excluding tert-OH is 1.